The van der Waals surface area contributed by atoms with Gasteiger partial charge in [0.2, 0.25) is 0 Å². The van der Waals surface area contributed by atoms with Gasteiger partial charge in [-0.05, 0) is 5.56 Å². The number of benzene rings is 1. The van der Waals surface area contributed by atoms with E-state index in [2.05, 4.69) is 16.1 Å². The minimum Gasteiger partial charge on any atom is -0.359 e. The number of rotatable bonds is 3. The van der Waals surface area contributed by atoms with E-state index in [1.165, 1.54) is 0 Å². The predicted octanol–water partition coefficient (Wildman–Crippen LogP) is 1.22. The standard InChI is InChI=1S/C7H7NO2.H3NO/c9-8-10-6-7-4-2-1-3-5-7;1-2/h1-5H,6H2;2H,1H2. The third-order valence-electron chi connectivity index (χ3n) is 1.13. The Morgan fingerprint density at radius 1 is 1.33 bits per heavy atom. The molecule has 0 spiro atoms. The van der Waals surface area contributed by atoms with Crippen LogP contribution in [0.2, 0.25) is 0 Å². The first-order valence-corrected chi connectivity index (χ1v) is 3.18. The molecule has 0 heterocycles. The molecule has 5 nitrogen and oxygen atoms in total. The van der Waals surface area contributed by atoms with E-state index in [0.717, 1.165) is 5.56 Å². The van der Waals surface area contributed by atoms with E-state index >= 15 is 0 Å². The van der Waals surface area contributed by atoms with Gasteiger partial charge < -0.3 is 10.0 Å². The Morgan fingerprint density at radius 2 is 1.92 bits per heavy atom. The van der Waals surface area contributed by atoms with Crippen molar-refractivity contribution in [3.05, 3.63) is 40.8 Å². The Labute approximate surface area is 69.7 Å². The molecular weight excluding hydrogens is 160 g/mol. The van der Waals surface area contributed by atoms with Crippen LogP contribution in [0.4, 0.5) is 0 Å². The van der Waals surface area contributed by atoms with Gasteiger partial charge in [0, 0.05) is 0 Å². The third kappa shape index (κ3) is 4.37. The number of nitrogens with two attached hydrogens (primary N) is 1. The molecule has 0 saturated carbocycles. The van der Waals surface area contributed by atoms with Crippen LogP contribution in [-0.2, 0) is 11.4 Å². The number of hydrogen-bond donors (Lipinski definition) is 2. The van der Waals surface area contributed by atoms with E-state index in [1.54, 1.807) is 0 Å². The second kappa shape index (κ2) is 7.64. The van der Waals surface area contributed by atoms with Crippen molar-refractivity contribution in [3.63, 3.8) is 0 Å². The predicted molar refractivity (Wildman–Crippen MR) is 43.0 cm³/mol. The summed E-state index contributed by atoms with van der Waals surface area (Å²) in [6, 6.07) is 9.39. The summed E-state index contributed by atoms with van der Waals surface area (Å²) in [6.45, 7) is 0.254. The highest BCUT2D eigenvalue weighted by atomic mass is 16.7. The van der Waals surface area contributed by atoms with Crippen molar-refractivity contribution in [2.24, 2.45) is 11.2 Å². The zero-order valence-electron chi connectivity index (χ0n) is 6.38. The average Bonchev–Trinajstić information content (AvgIpc) is 2.19. The van der Waals surface area contributed by atoms with E-state index in [0.29, 0.717) is 0 Å². The van der Waals surface area contributed by atoms with Crippen molar-refractivity contribution in [2.45, 2.75) is 6.61 Å². The molecule has 1 aromatic rings. The lowest BCUT2D eigenvalue weighted by Gasteiger charge is -1.93. The molecule has 0 radical (unpaired) electrons. The first-order valence-electron chi connectivity index (χ1n) is 3.18. The van der Waals surface area contributed by atoms with Crippen LogP contribution in [0.15, 0.2) is 35.7 Å². The summed E-state index contributed by atoms with van der Waals surface area (Å²) >= 11 is 0. The van der Waals surface area contributed by atoms with Crippen molar-refractivity contribution in [3.8, 4) is 0 Å². The molecule has 0 unspecified atom stereocenters. The molecule has 0 amide bonds. The molecule has 12 heavy (non-hydrogen) atoms. The lowest BCUT2D eigenvalue weighted by atomic mass is 10.2. The first kappa shape index (κ1) is 10.5. The van der Waals surface area contributed by atoms with Gasteiger partial charge in [-0.3, -0.25) is 0 Å². The summed E-state index contributed by atoms with van der Waals surface area (Å²) in [4.78, 5) is 13.8. The van der Waals surface area contributed by atoms with Crippen molar-refractivity contribution in [1.29, 1.82) is 0 Å². The van der Waals surface area contributed by atoms with Crippen LogP contribution in [0.25, 0.3) is 0 Å². The van der Waals surface area contributed by atoms with E-state index in [1.807, 2.05) is 30.3 Å². The van der Waals surface area contributed by atoms with Crippen molar-refractivity contribution < 1.29 is 10.0 Å². The summed E-state index contributed by atoms with van der Waals surface area (Å²) in [5.74, 6) is 3.50. The van der Waals surface area contributed by atoms with Crippen LogP contribution in [0.5, 0.6) is 0 Å². The Balaban J connectivity index is 0.000000561. The molecule has 3 N–H and O–H groups in total. The topological polar surface area (TPSA) is 84.9 Å². The largest absolute Gasteiger partial charge is 0.359 e. The van der Waals surface area contributed by atoms with Gasteiger partial charge in [0.25, 0.3) is 0 Å². The minimum atomic E-state index is 0.254. The molecule has 0 aliphatic carbocycles. The molecule has 0 saturated heterocycles. The molecule has 1 aromatic carbocycles. The van der Waals surface area contributed by atoms with Gasteiger partial charge in [-0.15, -0.1) is 4.91 Å². The highest BCUT2D eigenvalue weighted by molar-refractivity contribution is 5.13. The second-order valence-electron chi connectivity index (χ2n) is 1.83. The quantitative estimate of drug-likeness (QED) is 0.527. The van der Waals surface area contributed by atoms with Crippen LogP contribution in [0.3, 0.4) is 0 Å². The van der Waals surface area contributed by atoms with E-state index in [9.17, 15) is 4.91 Å². The molecule has 66 valence electrons. The van der Waals surface area contributed by atoms with Crippen molar-refractivity contribution >= 4 is 0 Å². The Kier molecular flexibility index (Phi) is 6.71. The molecule has 0 bridgehead atoms. The summed E-state index contributed by atoms with van der Waals surface area (Å²) in [5, 5.41) is 8.78. The number of hydrogen-bond acceptors (Lipinski definition) is 5. The average molecular weight is 170 g/mol. The maximum Gasteiger partial charge on any atom is 0.155 e. The summed E-state index contributed by atoms with van der Waals surface area (Å²) in [5.41, 5.74) is 0.946. The Bertz CT molecular complexity index is 203. The maximum absolute atomic E-state index is 9.51. The zero-order chi connectivity index (χ0) is 9.23. The molecule has 5 heteroatoms. The van der Waals surface area contributed by atoms with Gasteiger partial charge in [-0.25, -0.2) is 5.90 Å². The van der Waals surface area contributed by atoms with Gasteiger partial charge in [-0.2, -0.15) is 0 Å². The first-order chi connectivity index (χ1) is 5.93. The fraction of sp³-hybridized carbons (Fsp3) is 0.143. The van der Waals surface area contributed by atoms with Crippen LogP contribution < -0.4 is 5.90 Å². The van der Waals surface area contributed by atoms with Crippen LogP contribution in [-0.4, -0.2) is 5.21 Å². The fourth-order valence-corrected chi connectivity index (χ4v) is 0.675. The maximum atomic E-state index is 9.51. The number of nitrogens with zero attached hydrogens (tertiary/aromatic N) is 1. The highest BCUT2D eigenvalue weighted by Crippen LogP contribution is 1.99. The van der Waals surface area contributed by atoms with Gasteiger partial charge in [0.15, 0.2) is 5.34 Å². The zero-order valence-corrected chi connectivity index (χ0v) is 6.38. The molecule has 0 aliphatic rings. The SMILES string of the molecule is NO.O=NOCc1ccccc1. The second-order valence-corrected chi connectivity index (χ2v) is 1.83. The van der Waals surface area contributed by atoms with Crippen LogP contribution >= 0.6 is 0 Å². The minimum absolute atomic E-state index is 0.254. The lowest BCUT2D eigenvalue weighted by molar-refractivity contribution is 0.126. The van der Waals surface area contributed by atoms with Crippen LogP contribution in [0.1, 0.15) is 5.56 Å². The molecule has 0 aromatic heterocycles. The van der Waals surface area contributed by atoms with Gasteiger partial charge in [0.1, 0.15) is 6.61 Å². The summed E-state index contributed by atoms with van der Waals surface area (Å²) < 4.78 is 0. The normalized spacial score (nSPS) is 7.83. The molecular formula is C7H10N2O3. The molecule has 0 fully saturated rings. The van der Waals surface area contributed by atoms with Gasteiger partial charge >= 0.3 is 0 Å². The highest BCUT2D eigenvalue weighted by Gasteiger charge is 1.88. The van der Waals surface area contributed by atoms with E-state index in [4.69, 9.17) is 5.21 Å². The smallest absolute Gasteiger partial charge is 0.155 e. The van der Waals surface area contributed by atoms with Crippen molar-refractivity contribution in [1.82, 2.24) is 0 Å². The molecule has 1 rings (SSSR count). The Morgan fingerprint density at radius 3 is 2.42 bits per heavy atom. The lowest BCUT2D eigenvalue weighted by Crippen LogP contribution is -1.83. The summed E-state index contributed by atoms with van der Waals surface area (Å²) in [7, 11) is 0. The van der Waals surface area contributed by atoms with Gasteiger partial charge in [-0.1, -0.05) is 30.3 Å². The molecule has 0 aliphatic heterocycles. The fourth-order valence-electron chi connectivity index (χ4n) is 0.675. The summed E-state index contributed by atoms with van der Waals surface area (Å²) in [6.07, 6.45) is 0. The monoisotopic (exact) mass is 170 g/mol. The third-order valence-corrected chi connectivity index (χ3v) is 1.13. The van der Waals surface area contributed by atoms with Crippen LogP contribution in [0, 0.1) is 4.91 Å². The van der Waals surface area contributed by atoms with Gasteiger partial charge in [0.05, 0.1) is 0 Å². The van der Waals surface area contributed by atoms with E-state index < -0.39 is 0 Å². The van der Waals surface area contributed by atoms with Crippen molar-refractivity contribution in [2.75, 3.05) is 0 Å². The van der Waals surface area contributed by atoms with E-state index in [-0.39, 0.29) is 6.61 Å². The molecule has 0 atom stereocenters. The Hall–Kier alpha value is -1.46.